The van der Waals surface area contributed by atoms with Crippen LogP contribution in [0.5, 0.6) is 5.75 Å². The molecule has 3 nitrogen and oxygen atoms in total. The van der Waals surface area contributed by atoms with E-state index in [1.165, 1.54) is 0 Å². The van der Waals surface area contributed by atoms with Crippen LogP contribution in [0, 0.1) is 5.92 Å². The molecule has 0 aliphatic heterocycles. The maximum absolute atomic E-state index is 9.01. The third-order valence-electron chi connectivity index (χ3n) is 2.78. The first kappa shape index (κ1) is 15.3. The van der Waals surface area contributed by atoms with E-state index in [0.717, 1.165) is 17.9 Å². The van der Waals surface area contributed by atoms with E-state index >= 15 is 0 Å². The van der Waals surface area contributed by atoms with E-state index in [1.54, 1.807) is 0 Å². The summed E-state index contributed by atoms with van der Waals surface area (Å²) in [5, 5.41) is 13.1. The van der Waals surface area contributed by atoms with Crippen molar-refractivity contribution in [2.24, 2.45) is 5.92 Å². The minimum Gasteiger partial charge on any atom is -0.493 e. The second kappa shape index (κ2) is 7.62. The first-order valence-electron chi connectivity index (χ1n) is 6.35. The molecule has 0 heterocycles. The van der Waals surface area contributed by atoms with Crippen molar-refractivity contribution < 1.29 is 9.84 Å². The fraction of sp³-hybridized carbons (Fsp3) is 0.571. The average Bonchev–Trinajstić information content (AvgIpc) is 2.37. The first-order chi connectivity index (χ1) is 8.58. The summed E-state index contributed by atoms with van der Waals surface area (Å²) in [5.74, 6) is 0.955. The monoisotopic (exact) mass is 271 g/mol. The SMILES string of the molecule is CCNC(C)c1cc(Cl)ccc1OCC(C)CO. The normalized spacial score (nSPS) is 14.3. The van der Waals surface area contributed by atoms with Crippen LogP contribution in [0.4, 0.5) is 0 Å². The van der Waals surface area contributed by atoms with E-state index in [9.17, 15) is 0 Å². The smallest absolute Gasteiger partial charge is 0.124 e. The molecule has 0 saturated heterocycles. The lowest BCUT2D eigenvalue weighted by molar-refractivity contribution is 0.173. The Hall–Kier alpha value is -0.770. The van der Waals surface area contributed by atoms with E-state index in [4.69, 9.17) is 21.4 Å². The van der Waals surface area contributed by atoms with Crippen molar-refractivity contribution in [1.29, 1.82) is 0 Å². The van der Waals surface area contributed by atoms with Gasteiger partial charge in [-0.25, -0.2) is 0 Å². The lowest BCUT2D eigenvalue weighted by Crippen LogP contribution is -2.19. The minimum absolute atomic E-state index is 0.128. The van der Waals surface area contributed by atoms with Crippen molar-refractivity contribution in [2.75, 3.05) is 19.8 Å². The van der Waals surface area contributed by atoms with Crippen molar-refractivity contribution >= 4 is 11.6 Å². The molecule has 0 radical (unpaired) electrons. The van der Waals surface area contributed by atoms with Gasteiger partial charge in [0.1, 0.15) is 5.75 Å². The van der Waals surface area contributed by atoms with Crippen LogP contribution in [0.25, 0.3) is 0 Å². The summed E-state index contributed by atoms with van der Waals surface area (Å²) in [4.78, 5) is 0. The molecule has 1 aromatic rings. The summed E-state index contributed by atoms with van der Waals surface area (Å²) in [6, 6.07) is 5.82. The molecule has 102 valence electrons. The molecule has 0 saturated carbocycles. The molecule has 18 heavy (non-hydrogen) atoms. The number of aliphatic hydroxyl groups is 1. The zero-order chi connectivity index (χ0) is 13.5. The van der Waals surface area contributed by atoms with Crippen molar-refractivity contribution in [3.63, 3.8) is 0 Å². The van der Waals surface area contributed by atoms with Gasteiger partial charge in [0, 0.05) is 29.2 Å². The Balaban J connectivity index is 2.82. The lowest BCUT2D eigenvalue weighted by atomic mass is 10.1. The van der Waals surface area contributed by atoms with Gasteiger partial charge in [-0.15, -0.1) is 0 Å². The maximum Gasteiger partial charge on any atom is 0.124 e. The van der Waals surface area contributed by atoms with Crippen LogP contribution in [0.1, 0.15) is 32.4 Å². The molecule has 0 aromatic heterocycles. The van der Waals surface area contributed by atoms with E-state index in [1.807, 2.05) is 25.1 Å². The van der Waals surface area contributed by atoms with E-state index in [2.05, 4.69) is 19.2 Å². The molecular weight excluding hydrogens is 250 g/mol. The molecule has 0 fully saturated rings. The van der Waals surface area contributed by atoms with Crippen LogP contribution in [-0.2, 0) is 0 Å². The zero-order valence-corrected chi connectivity index (χ0v) is 12.0. The first-order valence-corrected chi connectivity index (χ1v) is 6.72. The largest absolute Gasteiger partial charge is 0.493 e. The standard InChI is InChI=1S/C14H22ClNO2/c1-4-16-11(3)13-7-12(15)5-6-14(13)18-9-10(2)8-17/h5-7,10-11,16-17H,4,8-9H2,1-3H3. The molecule has 0 amide bonds. The van der Waals surface area contributed by atoms with E-state index < -0.39 is 0 Å². The maximum atomic E-state index is 9.01. The second-order valence-electron chi connectivity index (χ2n) is 4.56. The summed E-state index contributed by atoms with van der Waals surface area (Å²) in [7, 11) is 0. The molecule has 0 spiro atoms. The summed E-state index contributed by atoms with van der Waals surface area (Å²) < 4.78 is 5.75. The fourth-order valence-electron chi connectivity index (χ4n) is 1.69. The van der Waals surface area contributed by atoms with Crippen LogP contribution >= 0.6 is 11.6 Å². The van der Waals surface area contributed by atoms with Crippen LogP contribution in [0.15, 0.2) is 18.2 Å². The van der Waals surface area contributed by atoms with E-state index in [0.29, 0.717) is 11.6 Å². The predicted molar refractivity (Wildman–Crippen MR) is 75.3 cm³/mol. The van der Waals surface area contributed by atoms with Crippen molar-refractivity contribution in [1.82, 2.24) is 5.32 Å². The van der Waals surface area contributed by atoms with Gasteiger partial charge in [-0.3, -0.25) is 0 Å². The molecule has 0 aliphatic carbocycles. The Morgan fingerprint density at radius 1 is 1.39 bits per heavy atom. The highest BCUT2D eigenvalue weighted by molar-refractivity contribution is 6.30. The minimum atomic E-state index is 0.128. The quantitative estimate of drug-likeness (QED) is 0.801. The number of ether oxygens (including phenoxy) is 1. The molecule has 2 N–H and O–H groups in total. The van der Waals surface area contributed by atoms with Crippen molar-refractivity contribution in [3.05, 3.63) is 28.8 Å². The van der Waals surface area contributed by atoms with Crippen molar-refractivity contribution in [3.8, 4) is 5.75 Å². The number of hydrogen-bond donors (Lipinski definition) is 2. The third kappa shape index (κ3) is 4.48. The van der Waals surface area contributed by atoms with Gasteiger partial charge >= 0.3 is 0 Å². The summed E-state index contributed by atoms with van der Waals surface area (Å²) in [5.41, 5.74) is 1.05. The van der Waals surface area contributed by atoms with Gasteiger partial charge in [0.25, 0.3) is 0 Å². The van der Waals surface area contributed by atoms with Crippen LogP contribution in [-0.4, -0.2) is 24.9 Å². The Kier molecular flexibility index (Phi) is 6.47. The third-order valence-corrected chi connectivity index (χ3v) is 3.02. The molecule has 2 unspecified atom stereocenters. The number of aliphatic hydroxyl groups excluding tert-OH is 1. The number of benzene rings is 1. The lowest BCUT2D eigenvalue weighted by Gasteiger charge is -2.19. The highest BCUT2D eigenvalue weighted by atomic mass is 35.5. The molecule has 0 aliphatic rings. The van der Waals surface area contributed by atoms with Crippen LogP contribution < -0.4 is 10.1 Å². The Labute approximate surface area is 114 Å². The number of hydrogen-bond acceptors (Lipinski definition) is 3. The van der Waals surface area contributed by atoms with Gasteiger partial charge in [-0.05, 0) is 31.7 Å². The second-order valence-corrected chi connectivity index (χ2v) is 5.00. The zero-order valence-electron chi connectivity index (χ0n) is 11.2. The molecule has 0 bridgehead atoms. The summed E-state index contributed by atoms with van der Waals surface area (Å²) >= 11 is 6.03. The molecule has 1 rings (SSSR count). The molecule has 4 heteroatoms. The highest BCUT2D eigenvalue weighted by Gasteiger charge is 2.12. The number of nitrogens with one attached hydrogen (secondary N) is 1. The molecular formula is C14H22ClNO2. The van der Waals surface area contributed by atoms with Gasteiger partial charge in [0.2, 0.25) is 0 Å². The van der Waals surface area contributed by atoms with Gasteiger partial charge in [0.05, 0.1) is 6.61 Å². The Bertz CT molecular complexity index is 371. The van der Waals surface area contributed by atoms with E-state index in [-0.39, 0.29) is 18.6 Å². The Morgan fingerprint density at radius 2 is 2.11 bits per heavy atom. The molecule has 1 aromatic carbocycles. The van der Waals surface area contributed by atoms with Crippen LogP contribution in [0.3, 0.4) is 0 Å². The summed E-state index contributed by atoms with van der Waals surface area (Å²) in [6.45, 7) is 7.62. The molecule has 2 atom stereocenters. The topological polar surface area (TPSA) is 41.5 Å². The predicted octanol–water partition coefficient (Wildman–Crippen LogP) is 3.02. The summed E-state index contributed by atoms with van der Waals surface area (Å²) in [6.07, 6.45) is 0. The van der Waals surface area contributed by atoms with Crippen molar-refractivity contribution in [2.45, 2.75) is 26.8 Å². The van der Waals surface area contributed by atoms with Gasteiger partial charge in [0.15, 0.2) is 0 Å². The average molecular weight is 272 g/mol. The van der Waals surface area contributed by atoms with Gasteiger partial charge < -0.3 is 15.2 Å². The highest BCUT2D eigenvalue weighted by Crippen LogP contribution is 2.28. The van der Waals surface area contributed by atoms with Gasteiger partial charge in [-0.2, -0.15) is 0 Å². The Morgan fingerprint density at radius 3 is 2.72 bits per heavy atom. The fourth-order valence-corrected chi connectivity index (χ4v) is 1.87. The van der Waals surface area contributed by atoms with Crippen LogP contribution in [0.2, 0.25) is 5.02 Å². The number of halogens is 1. The number of rotatable bonds is 7. The van der Waals surface area contributed by atoms with Gasteiger partial charge in [-0.1, -0.05) is 25.4 Å².